The van der Waals surface area contributed by atoms with Crippen molar-refractivity contribution in [2.75, 3.05) is 26.2 Å². The number of nitrogens with zero attached hydrogens (tertiary/aromatic N) is 1. The summed E-state index contributed by atoms with van der Waals surface area (Å²) in [5.74, 6) is 0.235. The second-order valence-electron chi connectivity index (χ2n) is 7.90. The first-order valence-corrected chi connectivity index (χ1v) is 11.5. The summed E-state index contributed by atoms with van der Waals surface area (Å²) >= 11 is 12.0. The van der Waals surface area contributed by atoms with Gasteiger partial charge in [-0.1, -0.05) is 59.6 Å². The van der Waals surface area contributed by atoms with Gasteiger partial charge >= 0.3 is 0 Å². The molecule has 1 fully saturated rings. The Kier molecular flexibility index (Phi) is 9.21. The lowest BCUT2D eigenvalue weighted by Crippen LogP contribution is -2.44. The number of nitrogens with one attached hydrogen (secondary N) is 1. The van der Waals surface area contributed by atoms with Crippen LogP contribution in [0.25, 0.3) is 0 Å². The molecule has 0 bridgehead atoms. The second kappa shape index (κ2) is 12.1. The summed E-state index contributed by atoms with van der Waals surface area (Å²) in [6.45, 7) is 1.21. The van der Waals surface area contributed by atoms with Crippen LogP contribution in [0.3, 0.4) is 0 Å². The normalized spacial score (nSPS) is 15.3. The predicted molar refractivity (Wildman–Crippen MR) is 125 cm³/mol. The maximum atomic E-state index is 12.5. The van der Waals surface area contributed by atoms with Crippen LogP contribution >= 0.6 is 23.2 Å². The second-order valence-corrected chi connectivity index (χ2v) is 8.69. The number of halogens is 2. The molecule has 2 amide bonds. The summed E-state index contributed by atoms with van der Waals surface area (Å²) in [4.78, 5) is 26.8. The van der Waals surface area contributed by atoms with E-state index < -0.39 is 6.10 Å². The average molecular weight is 479 g/mol. The van der Waals surface area contributed by atoms with E-state index in [0.29, 0.717) is 43.1 Å². The van der Waals surface area contributed by atoms with Gasteiger partial charge in [0.2, 0.25) is 11.8 Å². The zero-order valence-electron chi connectivity index (χ0n) is 17.8. The molecule has 1 atom stereocenters. The molecule has 1 unspecified atom stereocenters. The summed E-state index contributed by atoms with van der Waals surface area (Å²) in [7, 11) is 0. The fourth-order valence-electron chi connectivity index (χ4n) is 3.65. The number of likely N-dealkylation sites (tertiary alicyclic amines) is 1. The highest BCUT2D eigenvalue weighted by Gasteiger charge is 2.27. The van der Waals surface area contributed by atoms with Gasteiger partial charge in [0.15, 0.2) is 0 Å². The SMILES string of the molecule is O=C(NCC(O)COc1cccc(Cl)c1Cl)C1CCN(C(=O)CCc2ccccc2)CC1. The Hall–Kier alpha value is -2.28. The average Bonchev–Trinajstić information content (AvgIpc) is 2.82. The van der Waals surface area contributed by atoms with Gasteiger partial charge in [-0.05, 0) is 37.0 Å². The third-order valence-electron chi connectivity index (χ3n) is 5.55. The number of piperidine rings is 1. The number of rotatable bonds is 9. The molecule has 0 aliphatic carbocycles. The molecule has 1 heterocycles. The Balaban J connectivity index is 1.34. The Bertz CT molecular complexity index is 902. The standard InChI is InChI=1S/C24H28Cl2N2O4/c25-20-7-4-8-21(23(20)26)32-16-19(29)15-27-24(31)18-11-13-28(14-12-18)22(30)10-9-17-5-2-1-3-6-17/h1-8,18-19,29H,9-16H2,(H,27,31). The topological polar surface area (TPSA) is 78.9 Å². The van der Waals surface area contributed by atoms with E-state index in [1.165, 1.54) is 0 Å². The molecular formula is C24H28Cl2N2O4. The van der Waals surface area contributed by atoms with Crippen molar-refractivity contribution in [1.29, 1.82) is 0 Å². The fourth-order valence-corrected chi connectivity index (χ4v) is 3.99. The van der Waals surface area contributed by atoms with Gasteiger partial charge in [-0.2, -0.15) is 0 Å². The molecule has 1 aliphatic heterocycles. The number of hydrogen-bond donors (Lipinski definition) is 2. The van der Waals surface area contributed by atoms with Crippen LogP contribution in [0.5, 0.6) is 5.75 Å². The zero-order chi connectivity index (χ0) is 22.9. The number of aryl methyl sites for hydroxylation is 1. The third-order valence-corrected chi connectivity index (χ3v) is 6.35. The molecule has 2 aromatic rings. The Labute approximate surface area is 198 Å². The maximum Gasteiger partial charge on any atom is 0.223 e. The lowest BCUT2D eigenvalue weighted by molar-refractivity contribution is -0.135. The number of hydrogen-bond acceptors (Lipinski definition) is 4. The molecule has 0 aromatic heterocycles. The van der Waals surface area contributed by atoms with E-state index in [9.17, 15) is 14.7 Å². The Morgan fingerprint density at radius 1 is 1.09 bits per heavy atom. The van der Waals surface area contributed by atoms with E-state index in [1.807, 2.05) is 35.2 Å². The highest BCUT2D eigenvalue weighted by Crippen LogP contribution is 2.31. The van der Waals surface area contributed by atoms with Crippen LogP contribution in [0.4, 0.5) is 0 Å². The van der Waals surface area contributed by atoms with Crippen molar-refractivity contribution >= 4 is 35.0 Å². The number of carbonyl (C=O) groups is 2. The van der Waals surface area contributed by atoms with Crippen molar-refractivity contribution < 1.29 is 19.4 Å². The number of carbonyl (C=O) groups excluding carboxylic acids is 2. The van der Waals surface area contributed by atoms with Crippen LogP contribution in [0, 0.1) is 5.92 Å². The van der Waals surface area contributed by atoms with Crippen LogP contribution in [-0.4, -0.2) is 54.2 Å². The van der Waals surface area contributed by atoms with E-state index in [2.05, 4.69) is 5.32 Å². The molecule has 2 N–H and O–H groups in total. The van der Waals surface area contributed by atoms with Crippen molar-refractivity contribution in [3.8, 4) is 5.75 Å². The minimum absolute atomic E-state index is 0.0191. The molecule has 0 saturated carbocycles. The van der Waals surface area contributed by atoms with Gasteiger partial charge in [0, 0.05) is 32.0 Å². The predicted octanol–water partition coefficient (Wildman–Crippen LogP) is 3.72. The third kappa shape index (κ3) is 7.12. The van der Waals surface area contributed by atoms with Gasteiger partial charge in [0.1, 0.15) is 23.5 Å². The number of ether oxygens (including phenoxy) is 1. The van der Waals surface area contributed by atoms with Gasteiger partial charge in [-0.25, -0.2) is 0 Å². The summed E-state index contributed by atoms with van der Waals surface area (Å²) in [5.41, 5.74) is 1.15. The zero-order valence-corrected chi connectivity index (χ0v) is 19.3. The van der Waals surface area contributed by atoms with Crippen LogP contribution in [-0.2, 0) is 16.0 Å². The first kappa shape index (κ1) is 24.4. The smallest absolute Gasteiger partial charge is 0.223 e. The highest BCUT2D eigenvalue weighted by atomic mass is 35.5. The highest BCUT2D eigenvalue weighted by molar-refractivity contribution is 6.42. The number of aliphatic hydroxyl groups excluding tert-OH is 1. The van der Waals surface area contributed by atoms with Crippen molar-refractivity contribution in [1.82, 2.24) is 10.2 Å². The molecular weight excluding hydrogens is 451 g/mol. The molecule has 2 aromatic carbocycles. The first-order valence-electron chi connectivity index (χ1n) is 10.8. The molecule has 6 nitrogen and oxygen atoms in total. The minimum atomic E-state index is -0.881. The van der Waals surface area contributed by atoms with Crippen molar-refractivity contribution in [3.63, 3.8) is 0 Å². The van der Waals surface area contributed by atoms with Gasteiger partial charge in [0.05, 0.1) is 5.02 Å². The van der Waals surface area contributed by atoms with Gasteiger partial charge < -0.3 is 20.1 Å². The Morgan fingerprint density at radius 2 is 1.81 bits per heavy atom. The van der Waals surface area contributed by atoms with E-state index >= 15 is 0 Å². The summed E-state index contributed by atoms with van der Waals surface area (Å²) < 4.78 is 5.49. The van der Waals surface area contributed by atoms with Gasteiger partial charge in [0.25, 0.3) is 0 Å². The van der Waals surface area contributed by atoms with E-state index in [0.717, 1.165) is 12.0 Å². The molecule has 1 aliphatic rings. The van der Waals surface area contributed by atoms with Crippen molar-refractivity contribution in [3.05, 3.63) is 64.1 Å². The number of benzene rings is 2. The van der Waals surface area contributed by atoms with Crippen molar-refractivity contribution in [2.45, 2.75) is 31.8 Å². The molecule has 32 heavy (non-hydrogen) atoms. The quantitative estimate of drug-likeness (QED) is 0.575. The molecule has 8 heteroatoms. The maximum absolute atomic E-state index is 12.5. The van der Waals surface area contributed by atoms with Crippen LogP contribution < -0.4 is 10.1 Å². The monoisotopic (exact) mass is 478 g/mol. The van der Waals surface area contributed by atoms with Gasteiger partial charge in [-0.3, -0.25) is 9.59 Å². The van der Waals surface area contributed by atoms with Crippen LogP contribution in [0.15, 0.2) is 48.5 Å². The lowest BCUT2D eigenvalue weighted by Gasteiger charge is -2.31. The number of amides is 2. The molecule has 0 spiro atoms. The first-order chi connectivity index (χ1) is 15.4. The molecule has 1 saturated heterocycles. The van der Waals surface area contributed by atoms with E-state index in [-0.39, 0.29) is 35.9 Å². The van der Waals surface area contributed by atoms with Crippen molar-refractivity contribution in [2.24, 2.45) is 5.92 Å². The Morgan fingerprint density at radius 3 is 2.53 bits per heavy atom. The molecule has 3 rings (SSSR count). The number of aliphatic hydroxyl groups is 1. The molecule has 172 valence electrons. The van der Waals surface area contributed by atoms with Gasteiger partial charge in [-0.15, -0.1) is 0 Å². The van der Waals surface area contributed by atoms with E-state index in [4.69, 9.17) is 27.9 Å². The largest absolute Gasteiger partial charge is 0.489 e. The van der Waals surface area contributed by atoms with Crippen LogP contribution in [0.2, 0.25) is 10.0 Å². The summed E-state index contributed by atoms with van der Waals surface area (Å²) in [6.07, 6.45) is 1.56. The fraction of sp³-hybridized carbons (Fsp3) is 0.417. The van der Waals surface area contributed by atoms with Crippen LogP contribution in [0.1, 0.15) is 24.8 Å². The molecule has 0 radical (unpaired) electrons. The minimum Gasteiger partial charge on any atom is -0.489 e. The summed E-state index contributed by atoms with van der Waals surface area (Å²) in [6, 6.07) is 15.0. The lowest BCUT2D eigenvalue weighted by atomic mass is 9.95. The summed E-state index contributed by atoms with van der Waals surface area (Å²) in [5, 5.41) is 13.6. The van der Waals surface area contributed by atoms with E-state index in [1.54, 1.807) is 18.2 Å².